The highest BCUT2D eigenvalue weighted by atomic mass is 32.2. The van der Waals surface area contributed by atoms with Crippen molar-refractivity contribution in [1.82, 2.24) is 0 Å². The van der Waals surface area contributed by atoms with Crippen LogP contribution in [0.2, 0.25) is 0 Å². The minimum absolute atomic E-state index is 0.0145. The Labute approximate surface area is 182 Å². The minimum Gasteiger partial charge on any atom is -0.495 e. The van der Waals surface area contributed by atoms with Gasteiger partial charge in [-0.05, 0) is 53.9 Å². The number of rotatable bonds is 9. The van der Waals surface area contributed by atoms with E-state index >= 15 is 0 Å². The molecule has 0 fully saturated rings. The van der Waals surface area contributed by atoms with E-state index in [1.807, 2.05) is 0 Å². The lowest BCUT2D eigenvalue weighted by Crippen LogP contribution is -2.15. The van der Waals surface area contributed by atoms with Gasteiger partial charge in [0.05, 0.1) is 22.6 Å². The molecule has 2 N–H and O–H groups in total. The summed E-state index contributed by atoms with van der Waals surface area (Å²) in [6.45, 7) is 0. The zero-order chi connectivity index (χ0) is 22.4. The molecule has 2 aromatic carbocycles. The lowest BCUT2D eigenvalue weighted by atomic mass is 10.2. The lowest BCUT2D eigenvalue weighted by molar-refractivity contribution is -0.116. The molecule has 162 valence electrons. The second kappa shape index (κ2) is 9.71. The summed E-state index contributed by atoms with van der Waals surface area (Å²) in [7, 11) is -2.63. The number of sulfonamides is 1. The number of carbonyl (C=O) groups excluding carboxylic acids is 2. The summed E-state index contributed by atoms with van der Waals surface area (Å²) < 4.78 is 45.8. The fourth-order valence-corrected chi connectivity index (χ4v) is 4.45. The Balaban J connectivity index is 1.70. The molecule has 1 aromatic heterocycles. The van der Waals surface area contributed by atoms with Gasteiger partial charge < -0.3 is 10.1 Å². The Morgan fingerprint density at radius 1 is 1.06 bits per heavy atom. The Hall–Kier alpha value is -3.24. The van der Waals surface area contributed by atoms with Gasteiger partial charge in [-0.25, -0.2) is 12.8 Å². The predicted octanol–water partition coefficient (Wildman–Crippen LogP) is 4.30. The number of halogens is 1. The first-order valence-electron chi connectivity index (χ1n) is 9.11. The number of nitrogens with one attached hydrogen (secondary N) is 2. The van der Waals surface area contributed by atoms with Gasteiger partial charge in [0, 0.05) is 18.5 Å². The number of anilines is 2. The number of carbonyl (C=O) groups is 2. The molecule has 0 aliphatic rings. The van der Waals surface area contributed by atoms with Crippen LogP contribution >= 0.6 is 11.3 Å². The van der Waals surface area contributed by atoms with Crippen molar-refractivity contribution in [2.45, 2.75) is 17.7 Å². The van der Waals surface area contributed by atoms with Crippen molar-refractivity contribution in [2.24, 2.45) is 0 Å². The number of hydrogen-bond acceptors (Lipinski definition) is 6. The molecule has 1 heterocycles. The van der Waals surface area contributed by atoms with Crippen LogP contribution in [-0.4, -0.2) is 27.2 Å². The van der Waals surface area contributed by atoms with Crippen molar-refractivity contribution in [2.75, 3.05) is 17.1 Å². The highest BCUT2D eigenvalue weighted by molar-refractivity contribution is 7.92. The first-order valence-corrected chi connectivity index (χ1v) is 11.5. The molecule has 0 radical (unpaired) electrons. The first-order chi connectivity index (χ1) is 14.8. The fourth-order valence-electron chi connectivity index (χ4n) is 2.69. The molecule has 0 atom stereocenters. The Morgan fingerprint density at radius 3 is 2.45 bits per heavy atom. The van der Waals surface area contributed by atoms with Crippen molar-refractivity contribution >= 4 is 44.4 Å². The summed E-state index contributed by atoms with van der Waals surface area (Å²) in [6.07, 6.45) is 0.0476. The predicted molar refractivity (Wildman–Crippen MR) is 117 cm³/mol. The van der Waals surface area contributed by atoms with Crippen molar-refractivity contribution in [1.29, 1.82) is 0 Å². The number of benzene rings is 2. The summed E-state index contributed by atoms with van der Waals surface area (Å²) in [4.78, 5) is 24.7. The molecular weight excluding hydrogens is 443 g/mol. The molecule has 0 spiro atoms. The standard InChI is InChI=1S/C21H19FN2O5S2/c1-29-19-10-6-15(23-21(26)11-9-18(25)20-3-2-12-30-20)13-17(19)24-31(27,28)16-7-4-14(22)5-8-16/h2-8,10,12-13,24H,9,11H2,1H3,(H,23,26). The van der Waals surface area contributed by atoms with Crippen molar-refractivity contribution in [3.05, 3.63) is 70.7 Å². The number of ether oxygens (including phenoxy) is 1. The summed E-state index contributed by atoms with van der Waals surface area (Å²) in [5, 5.41) is 4.43. The van der Waals surface area contributed by atoms with E-state index in [0.29, 0.717) is 10.6 Å². The van der Waals surface area contributed by atoms with Crippen LogP contribution in [0.5, 0.6) is 5.75 Å². The highest BCUT2D eigenvalue weighted by Crippen LogP contribution is 2.30. The van der Waals surface area contributed by atoms with Gasteiger partial charge in [-0.3, -0.25) is 14.3 Å². The molecule has 0 unspecified atom stereocenters. The number of methoxy groups -OCH3 is 1. The van der Waals surface area contributed by atoms with E-state index in [0.717, 1.165) is 24.3 Å². The van der Waals surface area contributed by atoms with Crippen LogP contribution in [0.4, 0.5) is 15.8 Å². The van der Waals surface area contributed by atoms with Gasteiger partial charge in [0.1, 0.15) is 11.6 Å². The van der Waals surface area contributed by atoms with E-state index in [-0.39, 0.29) is 40.9 Å². The van der Waals surface area contributed by atoms with Gasteiger partial charge in [0.25, 0.3) is 10.0 Å². The van der Waals surface area contributed by atoms with Crippen LogP contribution in [0.3, 0.4) is 0 Å². The molecule has 31 heavy (non-hydrogen) atoms. The number of Topliss-reactive ketones (excluding diaryl/α,β-unsaturated/α-hetero) is 1. The van der Waals surface area contributed by atoms with Gasteiger partial charge in [-0.15, -0.1) is 11.3 Å². The molecule has 0 saturated heterocycles. The lowest BCUT2D eigenvalue weighted by Gasteiger charge is -2.14. The van der Waals surface area contributed by atoms with E-state index in [4.69, 9.17) is 4.74 Å². The Bertz CT molecular complexity index is 1180. The number of thiophene rings is 1. The molecular formula is C21H19FN2O5S2. The smallest absolute Gasteiger partial charge is 0.262 e. The van der Waals surface area contributed by atoms with Gasteiger partial charge in [-0.1, -0.05) is 6.07 Å². The zero-order valence-corrected chi connectivity index (χ0v) is 18.1. The number of hydrogen-bond donors (Lipinski definition) is 2. The van der Waals surface area contributed by atoms with Crippen molar-refractivity contribution in [3.63, 3.8) is 0 Å². The fraction of sp³-hybridized carbons (Fsp3) is 0.143. The molecule has 0 saturated carbocycles. The van der Waals surface area contributed by atoms with E-state index in [9.17, 15) is 22.4 Å². The maximum atomic E-state index is 13.1. The van der Waals surface area contributed by atoms with E-state index in [2.05, 4.69) is 10.0 Å². The molecule has 7 nitrogen and oxygen atoms in total. The molecule has 10 heteroatoms. The second-order valence-electron chi connectivity index (χ2n) is 6.42. The average molecular weight is 463 g/mol. The van der Waals surface area contributed by atoms with Crippen molar-refractivity contribution in [3.8, 4) is 5.75 Å². The molecule has 1 amide bonds. The monoisotopic (exact) mass is 462 g/mol. The zero-order valence-electron chi connectivity index (χ0n) is 16.4. The Kier molecular flexibility index (Phi) is 7.03. The third kappa shape index (κ3) is 5.89. The minimum atomic E-state index is -4.01. The maximum absolute atomic E-state index is 13.1. The molecule has 0 aliphatic carbocycles. The van der Waals surface area contributed by atoms with Crippen LogP contribution < -0.4 is 14.8 Å². The number of amides is 1. The Morgan fingerprint density at radius 2 is 1.81 bits per heavy atom. The van der Waals surface area contributed by atoms with Crippen LogP contribution in [0.1, 0.15) is 22.5 Å². The van der Waals surface area contributed by atoms with Gasteiger partial charge in [0.15, 0.2) is 5.78 Å². The second-order valence-corrected chi connectivity index (χ2v) is 9.05. The molecule has 3 aromatic rings. The van der Waals surface area contributed by atoms with Crippen molar-refractivity contribution < 1.29 is 27.1 Å². The quantitative estimate of drug-likeness (QED) is 0.462. The van der Waals surface area contributed by atoms with E-state index in [1.165, 1.54) is 30.6 Å². The highest BCUT2D eigenvalue weighted by Gasteiger charge is 2.18. The summed E-state index contributed by atoms with van der Waals surface area (Å²) in [5.74, 6) is -0.828. The molecule has 0 bridgehead atoms. The SMILES string of the molecule is COc1ccc(NC(=O)CCC(=O)c2cccs2)cc1NS(=O)(=O)c1ccc(F)cc1. The van der Waals surface area contributed by atoms with E-state index in [1.54, 1.807) is 23.6 Å². The average Bonchev–Trinajstić information content (AvgIpc) is 3.27. The third-order valence-electron chi connectivity index (χ3n) is 4.23. The number of ketones is 1. The van der Waals surface area contributed by atoms with Crippen LogP contribution in [0, 0.1) is 5.82 Å². The summed E-state index contributed by atoms with van der Waals surface area (Å²) in [6, 6.07) is 12.3. The topological polar surface area (TPSA) is 102 Å². The largest absolute Gasteiger partial charge is 0.495 e. The first kappa shape index (κ1) is 22.4. The van der Waals surface area contributed by atoms with Gasteiger partial charge >= 0.3 is 0 Å². The molecule has 3 rings (SSSR count). The van der Waals surface area contributed by atoms with Gasteiger partial charge in [-0.2, -0.15) is 0 Å². The molecule has 0 aliphatic heterocycles. The van der Waals surface area contributed by atoms with Crippen LogP contribution in [0.25, 0.3) is 0 Å². The van der Waals surface area contributed by atoms with Gasteiger partial charge in [0.2, 0.25) is 5.91 Å². The normalized spacial score (nSPS) is 11.0. The third-order valence-corrected chi connectivity index (χ3v) is 6.52. The summed E-state index contributed by atoms with van der Waals surface area (Å²) >= 11 is 1.32. The van der Waals surface area contributed by atoms with E-state index < -0.39 is 15.8 Å². The van der Waals surface area contributed by atoms with Crippen LogP contribution in [0.15, 0.2) is 64.9 Å². The maximum Gasteiger partial charge on any atom is 0.262 e. The van der Waals surface area contributed by atoms with Crippen LogP contribution in [-0.2, 0) is 14.8 Å². The summed E-state index contributed by atoms with van der Waals surface area (Å²) in [5.41, 5.74) is 0.422.